The number of nitrogens with one attached hydrogen (secondary N) is 2. The van der Waals surface area contributed by atoms with Crippen LogP contribution in [0.15, 0.2) is 12.4 Å². The molecule has 3 heterocycles. The molecule has 2 aromatic heterocycles. The van der Waals surface area contributed by atoms with E-state index in [0.29, 0.717) is 18.4 Å². The second-order valence-electron chi connectivity index (χ2n) is 6.84. The van der Waals surface area contributed by atoms with Crippen LogP contribution >= 0.6 is 0 Å². The smallest absolute Gasteiger partial charge is 0.171 e. The van der Waals surface area contributed by atoms with Crippen molar-refractivity contribution in [1.29, 1.82) is 0 Å². The lowest BCUT2D eigenvalue weighted by Gasteiger charge is -2.20. The standard InChI is InChI=1S/C17H25N7O/c1-3-18-16-17(20-7-6-19-16)24-8-12(11-4-5-11)13(9-24)15-21-14(10-25-2)22-23-15/h6-7,11-13H,3-5,8-10H2,1-2H3,(H,18,19)(H,21,22,23)/t12-,13+/m1/s1. The summed E-state index contributed by atoms with van der Waals surface area (Å²) in [5.74, 6) is 5.16. The molecule has 0 unspecified atom stereocenters. The highest BCUT2D eigenvalue weighted by molar-refractivity contribution is 5.61. The molecule has 8 heteroatoms. The van der Waals surface area contributed by atoms with Gasteiger partial charge in [-0.2, -0.15) is 5.10 Å². The Morgan fingerprint density at radius 1 is 1.28 bits per heavy atom. The predicted octanol–water partition coefficient (Wildman–Crippen LogP) is 1.80. The molecule has 2 aromatic rings. The fourth-order valence-corrected chi connectivity index (χ4v) is 3.81. The number of hydrogen-bond donors (Lipinski definition) is 2. The lowest BCUT2D eigenvalue weighted by Crippen LogP contribution is -2.23. The molecule has 0 amide bonds. The van der Waals surface area contributed by atoms with Crippen LogP contribution in [0.2, 0.25) is 0 Å². The van der Waals surface area contributed by atoms with Crippen molar-refractivity contribution >= 4 is 11.6 Å². The van der Waals surface area contributed by atoms with E-state index in [-0.39, 0.29) is 0 Å². The summed E-state index contributed by atoms with van der Waals surface area (Å²) in [6.07, 6.45) is 6.12. The first-order chi connectivity index (χ1) is 12.3. The minimum absolute atomic E-state index is 0.325. The molecule has 0 bridgehead atoms. The van der Waals surface area contributed by atoms with E-state index in [1.807, 2.05) is 0 Å². The zero-order chi connectivity index (χ0) is 17.2. The summed E-state index contributed by atoms with van der Waals surface area (Å²) in [6, 6.07) is 0. The molecule has 4 rings (SSSR count). The van der Waals surface area contributed by atoms with Gasteiger partial charge in [-0.25, -0.2) is 15.0 Å². The number of H-pyrrole nitrogens is 1. The van der Waals surface area contributed by atoms with Crippen molar-refractivity contribution in [1.82, 2.24) is 25.1 Å². The van der Waals surface area contributed by atoms with Crippen molar-refractivity contribution in [2.45, 2.75) is 32.3 Å². The highest BCUT2D eigenvalue weighted by Gasteiger charge is 2.45. The quantitative estimate of drug-likeness (QED) is 0.792. The van der Waals surface area contributed by atoms with Crippen LogP contribution in [-0.4, -0.2) is 51.9 Å². The van der Waals surface area contributed by atoms with E-state index in [0.717, 1.165) is 48.8 Å². The van der Waals surface area contributed by atoms with Gasteiger partial charge in [0, 0.05) is 45.1 Å². The number of ether oxygens (including phenoxy) is 1. The number of aromatic amines is 1. The molecule has 134 valence electrons. The van der Waals surface area contributed by atoms with E-state index < -0.39 is 0 Å². The van der Waals surface area contributed by atoms with E-state index in [4.69, 9.17) is 4.74 Å². The van der Waals surface area contributed by atoms with Crippen LogP contribution in [0.1, 0.15) is 37.3 Å². The third-order valence-corrected chi connectivity index (χ3v) is 5.08. The molecular formula is C17H25N7O. The van der Waals surface area contributed by atoms with Gasteiger partial charge in [-0.05, 0) is 31.6 Å². The minimum atomic E-state index is 0.325. The summed E-state index contributed by atoms with van der Waals surface area (Å²) in [4.78, 5) is 16.0. The molecule has 0 spiro atoms. The normalized spacial score (nSPS) is 23.2. The highest BCUT2D eigenvalue weighted by Crippen LogP contribution is 2.48. The van der Waals surface area contributed by atoms with E-state index >= 15 is 0 Å². The van der Waals surface area contributed by atoms with Gasteiger partial charge < -0.3 is 15.0 Å². The molecule has 1 saturated heterocycles. The van der Waals surface area contributed by atoms with Crippen molar-refractivity contribution in [3.05, 3.63) is 24.0 Å². The first-order valence-electron chi connectivity index (χ1n) is 9.00. The van der Waals surface area contributed by atoms with Crippen molar-refractivity contribution in [2.24, 2.45) is 11.8 Å². The summed E-state index contributed by atoms with van der Waals surface area (Å²) >= 11 is 0. The van der Waals surface area contributed by atoms with Gasteiger partial charge in [0.05, 0.1) is 0 Å². The molecule has 1 aliphatic carbocycles. The fourth-order valence-electron chi connectivity index (χ4n) is 3.81. The lowest BCUT2D eigenvalue weighted by atomic mass is 9.91. The summed E-state index contributed by atoms with van der Waals surface area (Å²) in [5, 5.41) is 10.8. The summed E-state index contributed by atoms with van der Waals surface area (Å²) in [5.41, 5.74) is 0. The SMILES string of the molecule is CCNc1nccnc1N1C[C@H](c2n[nH]c(COC)n2)[C@@H](C2CC2)C1. The van der Waals surface area contributed by atoms with E-state index in [2.05, 4.69) is 42.3 Å². The number of nitrogens with zero attached hydrogens (tertiary/aromatic N) is 5. The van der Waals surface area contributed by atoms with Crippen LogP contribution in [0.5, 0.6) is 0 Å². The number of methoxy groups -OCH3 is 1. The summed E-state index contributed by atoms with van der Waals surface area (Å²) < 4.78 is 5.15. The summed E-state index contributed by atoms with van der Waals surface area (Å²) in [6.45, 7) is 5.23. The average molecular weight is 343 g/mol. The predicted molar refractivity (Wildman–Crippen MR) is 94.5 cm³/mol. The van der Waals surface area contributed by atoms with E-state index in [1.54, 1.807) is 19.5 Å². The first kappa shape index (κ1) is 16.3. The summed E-state index contributed by atoms with van der Waals surface area (Å²) in [7, 11) is 1.67. The monoisotopic (exact) mass is 343 g/mol. The average Bonchev–Trinajstić information content (AvgIpc) is 3.20. The Morgan fingerprint density at radius 2 is 2.12 bits per heavy atom. The van der Waals surface area contributed by atoms with Crippen LogP contribution in [0.25, 0.3) is 0 Å². The maximum atomic E-state index is 5.15. The van der Waals surface area contributed by atoms with Gasteiger partial charge in [0.25, 0.3) is 0 Å². The van der Waals surface area contributed by atoms with E-state index in [9.17, 15) is 0 Å². The van der Waals surface area contributed by atoms with Gasteiger partial charge in [0.1, 0.15) is 6.61 Å². The molecule has 2 atom stereocenters. The van der Waals surface area contributed by atoms with Crippen molar-refractivity contribution in [3.63, 3.8) is 0 Å². The maximum Gasteiger partial charge on any atom is 0.171 e. The molecule has 0 aromatic carbocycles. The number of aromatic nitrogens is 5. The van der Waals surface area contributed by atoms with Crippen LogP contribution in [0, 0.1) is 11.8 Å². The van der Waals surface area contributed by atoms with Gasteiger partial charge in [-0.15, -0.1) is 0 Å². The van der Waals surface area contributed by atoms with Crippen molar-refractivity contribution < 1.29 is 4.74 Å². The van der Waals surface area contributed by atoms with Crippen LogP contribution < -0.4 is 10.2 Å². The topological polar surface area (TPSA) is 91.9 Å². The Bertz CT molecular complexity index is 715. The molecule has 2 N–H and O–H groups in total. The lowest BCUT2D eigenvalue weighted by molar-refractivity contribution is 0.178. The fraction of sp³-hybridized carbons (Fsp3) is 0.647. The van der Waals surface area contributed by atoms with Gasteiger partial charge >= 0.3 is 0 Å². The van der Waals surface area contributed by atoms with Gasteiger partial charge in [0.15, 0.2) is 23.3 Å². The molecule has 8 nitrogen and oxygen atoms in total. The Kier molecular flexibility index (Phi) is 4.52. The Labute approximate surface area is 147 Å². The molecule has 2 fully saturated rings. The molecule has 1 saturated carbocycles. The second-order valence-corrected chi connectivity index (χ2v) is 6.84. The third-order valence-electron chi connectivity index (χ3n) is 5.08. The molecular weight excluding hydrogens is 318 g/mol. The van der Waals surface area contributed by atoms with Crippen LogP contribution in [0.3, 0.4) is 0 Å². The van der Waals surface area contributed by atoms with Crippen molar-refractivity contribution in [2.75, 3.05) is 37.0 Å². The van der Waals surface area contributed by atoms with Crippen LogP contribution in [-0.2, 0) is 11.3 Å². The molecule has 25 heavy (non-hydrogen) atoms. The number of hydrogen-bond acceptors (Lipinski definition) is 7. The Hall–Kier alpha value is -2.22. The van der Waals surface area contributed by atoms with Crippen LogP contribution in [0.4, 0.5) is 11.6 Å². The largest absolute Gasteiger partial charge is 0.377 e. The first-order valence-corrected chi connectivity index (χ1v) is 9.00. The second kappa shape index (κ2) is 6.95. The van der Waals surface area contributed by atoms with Gasteiger partial charge in [0.2, 0.25) is 0 Å². The van der Waals surface area contributed by atoms with E-state index in [1.165, 1.54) is 12.8 Å². The number of anilines is 2. The van der Waals surface area contributed by atoms with Gasteiger partial charge in [-0.3, -0.25) is 5.10 Å². The maximum absolute atomic E-state index is 5.15. The molecule has 0 radical (unpaired) electrons. The third kappa shape index (κ3) is 3.30. The van der Waals surface area contributed by atoms with Crippen molar-refractivity contribution in [3.8, 4) is 0 Å². The zero-order valence-corrected chi connectivity index (χ0v) is 14.8. The Morgan fingerprint density at radius 3 is 2.88 bits per heavy atom. The highest BCUT2D eigenvalue weighted by atomic mass is 16.5. The molecule has 2 aliphatic rings. The molecule has 1 aliphatic heterocycles. The Balaban J connectivity index is 1.58. The zero-order valence-electron chi connectivity index (χ0n) is 14.8. The number of rotatable bonds is 7. The van der Waals surface area contributed by atoms with Gasteiger partial charge in [-0.1, -0.05) is 0 Å². The minimum Gasteiger partial charge on any atom is -0.377 e.